The van der Waals surface area contributed by atoms with Crippen LogP contribution in [0, 0.1) is 0 Å². The van der Waals surface area contributed by atoms with Gasteiger partial charge in [-0.15, -0.1) is 0 Å². The van der Waals surface area contributed by atoms with Gasteiger partial charge in [0.1, 0.15) is 24.5 Å². The second kappa shape index (κ2) is 14.4. The molecule has 2 aromatic heterocycles. The molecule has 0 radical (unpaired) electrons. The average molecular weight is 683 g/mol. The van der Waals surface area contributed by atoms with Gasteiger partial charge in [0.05, 0.1) is 19.5 Å². The zero-order valence-corrected chi connectivity index (χ0v) is 27.4. The van der Waals surface area contributed by atoms with Crippen LogP contribution in [0.15, 0.2) is 36.7 Å². The molecule has 14 nitrogen and oxygen atoms in total. The SMILES string of the molecule is CCOc1nc(N)nc2c1ncn2[C@@H]1O[C@](F)(COP(=O)(CCCOc2ccccc2)N[C@@H](C)C(=O)OC2CCCC2)[C@@H](O)[C@@]1(C)F. The van der Waals surface area contributed by atoms with E-state index in [0.717, 1.165) is 43.5 Å². The van der Waals surface area contributed by atoms with Gasteiger partial charge in [-0.1, -0.05) is 18.2 Å². The zero-order valence-electron chi connectivity index (χ0n) is 26.5. The number of ether oxygens (including phenoxy) is 4. The Morgan fingerprint density at radius 1 is 1.23 bits per heavy atom. The number of imidazole rings is 1. The number of hydrogen-bond donors (Lipinski definition) is 3. The topological polar surface area (TPSA) is 182 Å². The number of aliphatic hydroxyl groups is 1. The van der Waals surface area contributed by atoms with Gasteiger partial charge in [0.25, 0.3) is 13.4 Å². The highest BCUT2D eigenvalue weighted by Gasteiger charge is 2.65. The number of carbonyl (C=O) groups is 1. The summed E-state index contributed by atoms with van der Waals surface area (Å²) in [5, 5.41) is 13.6. The lowest BCUT2D eigenvalue weighted by molar-refractivity contribution is -0.202. The molecular weight excluding hydrogens is 641 g/mol. The van der Waals surface area contributed by atoms with Crippen LogP contribution in [-0.4, -0.2) is 86.4 Å². The largest absolute Gasteiger partial charge is 0.494 e. The lowest BCUT2D eigenvalue weighted by Gasteiger charge is -2.28. The van der Waals surface area contributed by atoms with Crippen molar-refractivity contribution in [1.82, 2.24) is 24.6 Å². The minimum Gasteiger partial charge on any atom is -0.494 e. The van der Waals surface area contributed by atoms with Gasteiger partial charge in [-0.25, -0.2) is 18.9 Å². The van der Waals surface area contributed by atoms with Gasteiger partial charge in [-0.3, -0.25) is 13.9 Å². The second-order valence-electron chi connectivity index (χ2n) is 11.8. The molecule has 2 aliphatic rings. The molecular formula is C30H41F2N6O8P. The molecule has 17 heteroatoms. The number of nitrogens with one attached hydrogen (secondary N) is 1. The summed E-state index contributed by atoms with van der Waals surface area (Å²) in [6.45, 7) is 3.34. The predicted molar refractivity (Wildman–Crippen MR) is 166 cm³/mol. The molecule has 0 spiro atoms. The van der Waals surface area contributed by atoms with E-state index in [0.29, 0.717) is 5.75 Å². The Kier molecular flexibility index (Phi) is 10.7. The van der Waals surface area contributed by atoms with Crippen LogP contribution in [-0.2, 0) is 23.4 Å². The average Bonchev–Trinajstić information content (AvgIpc) is 3.75. The molecule has 47 heavy (non-hydrogen) atoms. The van der Waals surface area contributed by atoms with Crippen molar-refractivity contribution in [2.45, 2.75) is 88.9 Å². The standard InChI is InChI=1S/C30H41F2N6O8P/c1-4-42-24-22-23(35-28(33)36-24)38(18-34-22)27-29(3,31)26(40)30(32,46-27)17-44-47(41,16-10-15-43-20-11-6-5-7-12-20)37-19(2)25(39)45-21-13-8-9-14-21/h5-7,11-12,18-19,21,26-27,40H,4,8-10,13-17H2,1-3H3,(H,37,41)(H2,33,35,36)/t19-,26-,27+,29+,30+,47?/m0/s1. The van der Waals surface area contributed by atoms with E-state index in [-0.39, 0.29) is 54.9 Å². The highest BCUT2D eigenvalue weighted by Crippen LogP contribution is 2.52. The van der Waals surface area contributed by atoms with Crippen LogP contribution in [0.1, 0.15) is 59.1 Å². The number of alkyl halides is 2. The number of esters is 1. The van der Waals surface area contributed by atoms with Crippen LogP contribution < -0.4 is 20.3 Å². The monoisotopic (exact) mass is 682 g/mol. The second-order valence-corrected chi connectivity index (χ2v) is 14.1. The first-order valence-corrected chi connectivity index (χ1v) is 17.4. The van der Waals surface area contributed by atoms with Crippen LogP contribution in [0.2, 0.25) is 0 Å². The molecule has 4 N–H and O–H groups in total. The van der Waals surface area contributed by atoms with Gasteiger partial charge >= 0.3 is 5.97 Å². The first-order chi connectivity index (χ1) is 22.3. The summed E-state index contributed by atoms with van der Waals surface area (Å²) in [4.78, 5) is 25.1. The third kappa shape index (κ3) is 7.83. The van der Waals surface area contributed by atoms with E-state index in [2.05, 4.69) is 20.0 Å². The van der Waals surface area contributed by atoms with E-state index in [1.54, 1.807) is 31.2 Å². The van der Waals surface area contributed by atoms with Gasteiger partial charge in [-0.05, 0) is 65.0 Å². The summed E-state index contributed by atoms with van der Waals surface area (Å²) >= 11 is 0. The lowest BCUT2D eigenvalue weighted by atomic mass is 9.97. The molecule has 1 aliphatic heterocycles. The van der Waals surface area contributed by atoms with Crippen LogP contribution in [0.25, 0.3) is 11.2 Å². The van der Waals surface area contributed by atoms with Crippen LogP contribution in [0.5, 0.6) is 11.6 Å². The fourth-order valence-corrected chi connectivity index (χ4v) is 7.60. The highest BCUT2D eigenvalue weighted by molar-refractivity contribution is 7.56. The van der Waals surface area contributed by atoms with Crippen molar-refractivity contribution in [2.75, 3.05) is 31.7 Å². The molecule has 6 atom stereocenters. The maximum Gasteiger partial charge on any atom is 0.323 e. The minimum atomic E-state index is -4.06. The summed E-state index contributed by atoms with van der Waals surface area (Å²) in [7, 11) is -4.06. The van der Waals surface area contributed by atoms with Gasteiger partial charge in [0, 0.05) is 6.16 Å². The summed E-state index contributed by atoms with van der Waals surface area (Å²) < 4.78 is 75.5. The number of aromatic nitrogens is 4. The third-order valence-electron chi connectivity index (χ3n) is 8.08. The fraction of sp³-hybridized carbons (Fsp3) is 0.600. The zero-order chi connectivity index (χ0) is 33.8. The fourth-order valence-electron chi connectivity index (χ4n) is 5.64. The highest BCUT2D eigenvalue weighted by atomic mass is 31.2. The number of nitrogen functional groups attached to an aromatic ring is 1. The van der Waals surface area contributed by atoms with Crippen molar-refractivity contribution in [3.05, 3.63) is 36.7 Å². The molecule has 1 unspecified atom stereocenters. The van der Waals surface area contributed by atoms with Crippen LogP contribution >= 0.6 is 7.52 Å². The Hall–Kier alpha value is -3.43. The first-order valence-electron chi connectivity index (χ1n) is 15.6. The number of fused-ring (bicyclic) bond motifs is 1. The molecule has 1 saturated carbocycles. The number of benzene rings is 1. The molecule has 258 valence electrons. The number of anilines is 1. The first kappa shape index (κ1) is 34.9. The summed E-state index contributed by atoms with van der Waals surface area (Å²) in [6.07, 6.45) is 0.0719. The number of carbonyl (C=O) groups excluding carboxylic acids is 1. The maximum absolute atomic E-state index is 16.4. The number of nitrogens with two attached hydrogens (primary N) is 1. The predicted octanol–water partition coefficient (Wildman–Crippen LogP) is 4.23. The molecule has 3 aromatic rings. The van der Waals surface area contributed by atoms with E-state index in [9.17, 15) is 14.5 Å². The Bertz CT molecular complexity index is 1580. The quantitative estimate of drug-likeness (QED) is 0.118. The number of nitrogens with zero attached hydrogens (tertiary/aromatic N) is 4. The van der Waals surface area contributed by atoms with E-state index < -0.39 is 50.0 Å². The van der Waals surface area contributed by atoms with Gasteiger partial charge in [-0.2, -0.15) is 9.97 Å². The van der Waals surface area contributed by atoms with Crippen molar-refractivity contribution >= 4 is 30.6 Å². The lowest BCUT2D eigenvalue weighted by Crippen LogP contribution is -2.47. The summed E-state index contributed by atoms with van der Waals surface area (Å²) in [6, 6.07) is 7.87. The molecule has 2 fully saturated rings. The van der Waals surface area contributed by atoms with Crippen LogP contribution in [0.3, 0.4) is 0 Å². The number of para-hydroxylation sites is 1. The number of halogens is 2. The van der Waals surface area contributed by atoms with Gasteiger partial charge < -0.3 is 34.3 Å². The van der Waals surface area contributed by atoms with E-state index >= 15 is 8.78 Å². The molecule has 1 aliphatic carbocycles. The Morgan fingerprint density at radius 2 is 1.96 bits per heavy atom. The summed E-state index contributed by atoms with van der Waals surface area (Å²) in [5.41, 5.74) is 3.16. The Morgan fingerprint density at radius 3 is 2.66 bits per heavy atom. The minimum absolute atomic E-state index is 0.0208. The van der Waals surface area contributed by atoms with Crippen molar-refractivity contribution in [3.8, 4) is 11.6 Å². The Labute approximate surface area is 270 Å². The molecule has 1 saturated heterocycles. The van der Waals surface area contributed by atoms with Crippen molar-refractivity contribution in [3.63, 3.8) is 0 Å². The molecule has 1 aromatic carbocycles. The third-order valence-corrected chi connectivity index (χ3v) is 10.3. The molecule has 0 amide bonds. The smallest absolute Gasteiger partial charge is 0.323 e. The number of hydrogen-bond acceptors (Lipinski definition) is 12. The van der Waals surface area contributed by atoms with Crippen LogP contribution in [0.4, 0.5) is 14.7 Å². The van der Waals surface area contributed by atoms with Gasteiger partial charge in [0.2, 0.25) is 11.8 Å². The van der Waals surface area contributed by atoms with Crippen molar-refractivity contribution < 1.29 is 46.7 Å². The number of aliphatic hydroxyl groups excluding tert-OH is 1. The molecule has 5 rings (SSSR count). The van der Waals surface area contributed by atoms with E-state index in [1.807, 2.05) is 6.07 Å². The Balaban J connectivity index is 1.32. The van der Waals surface area contributed by atoms with E-state index in [1.165, 1.54) is 6.92 Å². The molecule has 0 bridgehead atoms. The number of rotatable bonds is 15. The van der Waals surface area contributed by atoms with Crippen molar-refractivity contribution in [1.29, 1.82) is 0 Å². The normalized spacial score (nSPS) is 26.7. The molecule has 3 heterocycles. The van der Waals surface area contributed by atoms with Gasteiger partial charge in [0.15, 0.2) is 29.2 Å². The van der Waals surface area contributed by atoms with E-state index in [4.69, 9.17) is 29.2 Å². The van der Waals surface area contributed by atoms with Crippen molar-refractivity contribution in [2.24, 2.45) is 0 Å². The maximum atomic E-state index is 16.4. The summed E-state index contributed by atoms with van der Waals surface area (Å²) in [5.74, 6) is -3.40.